The van der Waals surface area contributed by atoms with Gasteiger partial charge in [-0.2, -0.15) is 0 Å². The molecule has 0 unspecified atom stereocenters. The molecule has 0 aromatic carbocycles. The van der Waals surface area contributed by atoms with Crippen molar-refractivity contribution in [3.05, 3.63) is 55.6 Å². The molecule has 24 heavy (non-hydrogen) atoms. The highest BCUT2D eigenvalue weighted by atomic mass is 16.4. The van der Waals surface area contributed by atoms with Crippen molar-refractivity contribution in [2.24, 2.45) is 13.0 Å². The Kier molecular flexibility index (Phi) is 3.70. The van der Waals surface area contributed by atoms with Crippen LogP contribution in [0.25, 0.3) is 11.4 Å². The Hall–Kier alpha value is -2.63. The Bertz CT molecular complexity index is 966. The van der Waals surface area contributed by atoms with Gasteiger partial charge in [-0.3, -0.25) is 9.59 Å². The summed E-state index contributed by atoms with van der Waals surface area (Å²) in [7, 11) is 1.68. The minimum atomic E-state index is -1.23. The van der Waals surface area contributed by atoms with Crippen molar-refractivity contribution in [3.8, 4) is 11.4 Å². The molecule has 1 aliphatic rings. The number of aryl methyl sites for hydroxylation is 1. The van der Waals surface area contributed by atoms with Crippen molar-refractivity contribution in [3.63, 3.8) is 0 Å². The fourth-order valence-electron chi connectivity index (χ4n) is 3.52. The molecule has 0 saturated heterocycles. The third-order valence-electron chi connectivity index (χ3n) is 4.78. The average molecular weight is 328 g/mol. The lowest BCUT2D eigenvalue weighted by Gasteiger charge is -2.34. The van der Waals surface area contributed by atoms with Crippen molar-refractivity contribution in [2.75, 3.05) is 0 Å². The van der Waals surface area contributed by atoms with Crippen molar-refractivity contribution < 1.29 is 9.90 Å². The van der Waals surface area contributed by atoms with Crippen LogP contribution in [0.5, 0.6) is 0 Å². The molecule has 6 heteroatoms. The lowest BCUT2D eigenvalue weighted by Crippen LogP contribution is -2.32. The summed E-state index contributed by atoms with van der Waals surface area (Å²) in [6.45, 7) is 5.90. The molecule has 1 atom stereocenters. The van der Waals surface area contributed by atoms with Gasteiger partial charge in [-0.15, -0.1) is 0 Å². The van der Waals surface area contributed by atoms with Gasteiger partial charge in [-0.1, -0.05) is 13.8 Å². The number of carboxylic acids is 1. The molecular weight excluding hydrogens is 308 g/mol. The summed E-state index contributed by atoms with van der Waals surface area (Å²) in [6.07, 6.45) is 2.11. The van der Waals surface area contributed by atoms with Crippen LogP contribution in [0.4, 0.5) is 0 Å². The average Bonchev–Trinajstić information content (AvgIpc) is 2.50. The van der Waals surface area contributed by atoms with Gasteiger partial charge in [0.2, 0.25) is 0 Å². The molecule has 0 bridgehead atoms. The van der Waals surface area contributed by atoms with Gasteiger partial charge in [-0.05, 0) is 30.9 Å². The van der Waals surface area contributed by atoms with Crippen LogP contribution in [-0.2, 0) is 13.5 Å². The summed E-state index contributed by atoms with van der Waals surface area (Å²) in [5.41, 5.74) is 2.06. The molecule has 1 N–H and O–H groups in total. The quantitative estimate of drug-likeness (QED) is 0.914. The molecule has 6 nitrogen and oxygen atoms in total. The van der Waals surface area contributed by atoms with Crippen LogP contribution >= 0.6 is 0 Å². The highest BCUT2D eigenvalue weighted by Crippen LogP contribution is 2.36. The molecule has 2 aromatic rings. The van der Waals surface area contributed by atoms with Crippen LogP contribution in [0.1, 0.15) is 41.4 Å². The van der Waals surface area contributed by atoms with E-state index in [2.05, 4.69) is 13.8 Å². The first kappa shape index (κ1) is 16.2. The number of carbonyl (C=O) groups is 1. The summed E-state index contributed by atoms with van der Waals surface area (Å²) in [5.74, 6) is -0.986. The van der Waals surface area contributed by atoms with Gasteiger partial charge < -0.3 is 14.2 Å². The highest BCUT2D eigenvalue weighted by Gasteiger charge is 2.29. The lowest BCUT2D eigenvalue weighted by molar-refractivity contribution is 0.0694. The molecule has 2 aromatic heterocycles. The minimum Gasteiger partial charge on any atom is -0.477 e. The number of hydrogen-bond acceptors (Lipinski definition) is 3. The topological polar surface area (TPSA) is 81.3 Å². The van der Waals surface area contributed by atoms with Crippen molar-refractivity contribution in [2.45, 2.75) is 33.2 Å². The largest absolute Gasteiger partial charge is 0.477 e. The van der Waals surface area contributed by atoms with Crippen LogP contribution in [0.3, 0.4) is 0 Å². The molecule has 0 amide bonds. The number of carboxylic acid groups (broad SMARTS) is 1. The number of hydrogen-bond donors (Lipinski definition) is 1. The number of nitrogens with zero attached hydrogens (tertiary/aromatic N) is 2. The molecule has 3 heterocycles. The second-order valence-corrected chi connectivity index (χ2v) is 6.73. The molecule has 0 saturated carbocycles. The summed E-state index contributed by atoms with van der Waals surface area (Å²) >= 11 is 0. The Morgan fingerprint density at radius 3 is 2.54 bits per heavy atom. The van der Waals surface area contributed by atoms with Crippen LogP contribution in [0.15, 0.2) is 27.9 Å². The number of fused-ring (bicyclic) bond motifs is 3. The van der Waals surface area contributed by atoms with Gasteiger partial charge in [0, 0.05) is 30.9 Å². The summed E-state index contributed by atoms with van der Waals surface area (Å²) in [5, 5.41) is 9.25. The van der Waals surface area contributed by atoms with E-state index < -0.39 is 11.4 Å². The monoisotopic (exact) mass is 328 g/mol. The van der Waals surface area contributed by atoms with Crippen LogP contribution < -0.4 is 11.0 Å². The first-order valence-corrected chi connectivity index (χ1v) is 7.91. The molecule has 0 aliphatic carbocycles. The second kappa shape index (κ2) is 5.47. The van der Waals surface area contributed by atoms with Gasteiger partial charge in [0.05, 0.1) is 11.4 Å². The summed E-state index contributed by atoms with van der Waals surface area (Å²) in [4.78, 5) is 35.8. The molecule has 0 fully saturated rings. The normalized spacial score (nSPS) is 16.0. The van der Waals surface area contributed by atoms with Gasteiger partial charge in [-0.25, -0.2) is 4.79 Å². The van der Waals surface area contributed by atoms with E-state index in [4.69, 9.17) is 0 Å². The predicted molar refractivity (Wildman–Crippen MR) is 90.7 cm³/mol. The predicted octanol–water partition coefficient (Wildman–Crippen LogP) is 1.97. The Labute approximate surface area is 139 Å². The Morgan fingerprint density at radius 2 is 1.96 bits per heavy atom. The van der Waals surface area contributed by atoms with E-state index in [-0.39, 0.29) is 23.1 Å². The van der Waals surface area contributed by atoms with Crippen LogP contribution in [-0.4, -0.2) is 20.2 Å². The van der Waals surface area contributed by atoms with Gasteiger partial charge in [0.25, 0.3) is 5.56 Å². The summed E-state index contributed by atoms with van der Waals surface area (Å²) < 4.78 is 3.39. The second-order valence-electron chi connectivity index (χ2n) is 6.73. The van der Waals surface area contributed by atoms with E-state index >= 15 is 0 Å². The fourth-order valence-corrected chi connectivity index (χ4v) is 3.52. The lowest BCUT2D eigenvalue weighted by atomic mass is 9.89. The third kappa shape index (κ3) is 2.29. The maximum absolute atomic E-state index is 12.3. The number of aromatic carboxylic acids is 1. The fraction of sp³-hybridized carbons (Fsp3) is 0.389. The van der Waals surface area contributed by atoms with E-state index in [1.54, 1.807) is 18.5 Å². The molecular formula is C18H20N2O4. The zero-order chi connectivity index (χ0) is 17.8. The zero-order valence-corrected chi connectivity index (χ0v) is 14.2. The molecule has 1 aliphatic heterocycles. The van der Waals surface area contributed by atoms with Crippen LogP contribution in [0, 0.1) is 12.8 Å². The number of aromatic nitrogens is 2. The van der Waals surface area contributed by atoms with E-state index in [1.807, 2.05) is 10.6 Å². The highest BCUT2D eigenvalue weighted by molar-refractivity contribution is 5.87. The molecule has 3 rings (SSSR count). The van der Waals surface area contributed by atoms with Crippen molar-refractivity contribution in [1.82, 2.24) is 9.13 Å². The van der Waals surface area contributed by atoms with Crippen molar-refractivity contribution >= 4 is 5.97 Å². The van der Waals surface area contributed by atoms with Gasteiger partial charge in [0.15, 0.2) is 5.43 Å². The van der Waals surface area contributed by atoms with Crippen molar-refractivity contribution in [1.29, 1.82) is 0 Å². The maximum Gasteiger partial charge on any atom is 0.341 e. The van der Waals surface area contributed by atoms with E-state index in [0.717, 1.165) is 5.56 Å². The Balaban J connectivity index is 2.41. The zero-order valence-electron chi connectivity index (χ0n) is 14.2. The van der Waals surface area contributed by atoms with E-state index in [1.165, 1.54) is 12.3 Å². The minimum absolute atomic E-state index is 0.0307. The Morgan fingerprint density at radius 1 is 1.29 bits per heavy atom. The standard InChI is InChI=1S/C18H20N2O4/c1-9(2)13-6-11-5-10(3)17(22)19(4)16(11)14-7-15(21)12(18(23)24)8-20(13)14/h5,7-9,13H,6H2,1-4H3,(H,23,24)/t13-/m0/s1. The SMILES string of the molecule is Cc1cc2c(n(C)c1=O)-c1cc(=O)c(C(=O)O)cn1[C@H](C(C)C)C2. The van der Waals surface area contributed by atoms with E-state index in [9.17, 15) is 19.5 Å². The molecule has 0 radical (unpaired) electrons. The number of rotatable bonds is 2. The smallest absolute Gasteiger partial charge is 0.341 e. The number of pyridine rings is 2. The molecule has 0 spiro atoms. The maximum atomic E-state index is 12.3. The first-order chi connectivity index (χ1) is 11.2. The van der Waals surface area contributed by atoms with Gasteiger partial charge in [0.1, 0.15) is 5.56 Å². The molecule has 126 valence electrons. The van der Waals surface area contributed by atoms with E-state index in [0.29, 0.717) is 23.4 Å². The third-order valence-corrected chi connectivity index (χ3v) is 4.78. The van der Waals surface area contributed by atoms with Gasteiger partial charge >= 0.3 is 5.97 Å². The first-order valence-electron chi connectivity index (χ1n) is 7.91. The van der Waals surface area contributed by atoms with Crippen LogP contribution in [0.2, 0.25) is 0 Å². The summed E-state index contributed by atoms with van der Waals surface area (Å²) in [6, 6.07) is 3.25.